The maximum absolute atomic E-state index is 9.62. The summed E-state index contributed by atoms with van der Waals surface area (Å²) >= 11 is 6.23. The normalized spacial score (nSPS) is 12.2. The molecule has 0 spiro atoms. The molecule has 1 atom stereocenters. The number of benzene rings is 1. The third-order valence-electron chi connectivity index (χ3n) is 3.30. The van der Waals surface area contributed by atoms with E-state index in [4.69, 9.17) is 11.6 Å². The topological polar surface area (TPSA) is 36.4 Å². The number of pyridine rings is 1. The standard InChI is InChI=1S/C16H19ClN2O/c1-3-19(11-13-6-8-18-9-7-13)14-4-5-15(12(2)20)16(17)10-14/h4-10,12,20H,3,11H2,1-2H3. The van der Waals surface area contributed by atoms with Crippen LogP contribution in [0.3, 0.4) is 0 Å². The van der Waals surface area contributed by atoms with E-state index in [1.807, 2.05) is 30.3 Å². The quantitative estimate of drug-likeness (QED) is 0.909. The zero-order valence-corrected chi connectivity index (χ0v) is 12.5. The van der Waals surface area contributed by atoms with Crippen molar-refractivity contribution < 1.29 is 5.11 Å². The molecule has 0 bridgehead atoms. The fourth-order valence-electron chi connectivity index (χ4n) is 2.15. The molecular formula is C16H19ClN2O. The summed E-state index contributed by atoms with van der Waals surface area (Å²) < 4.78 is 0. The summed E-state index contributed by atoms with van der Waals surface area (Å²) in [4.78, 5) is 6.26. The molecule has 0 saturated carbocycles. The molecule has 1 N–H and O–H groups in total. The van der Waals surface area contributed by atoms with Gasteiger partial charge in [0.2, 0.25) is 0 Å². The molecule has 106 valence electrons. The van der Waals surface area contributed by atoms with Crippen LogP contribution in [0.1, 0.15) is 31.1 Å². The number of anilines is 1. The van der Waals surface area contributed by atoms with Crippen molar-refractivity contribution in [2.45, 2.75) is 26.5 Å². The van der Waals surface area contributed by atoms with Gasteiger partial charge in [-0.25, -0.2) is 0 Å². The molecule has 0 saturated heterocycles. The van der Waals surface area contributed by atoms with Gasteiger partial charge in [0.15, 0.2) is 0 Å². The Morgan fingerprint density at radius 3 is 2.50 bits per heavy atom. The summed E-state index contributed by atoms with van der Waals surface area (Å²) in [6.07, 6.45) is 3.05. The van der Waals surface area contributed by atoms with E-state index < -0.39 is 6.10 Å². The first-order chi connectivity index (χ1) is 9.61. The molecule has 1 aromatic carbocycles. The lowest BCUT2D eigenvalue weighted by Crippen LogP contribution is -2.22. The van der Waals surface area contributed by atoms with Gasteiger partial charge < -0.3 is 10.0 Å². The van der Waals surface area contributed by atoms with Gasteiger partial charge in [0.05, 0.1) is 6.10 Å². The average Bonchev–Trinajstić information content (AvgIpc) is 2.45. The lowest BCUT2D eigenvalue weighted by atomic mass is 10.1. The monoisotopic (exact) mass is 290 g/mol. The number of aliphatic hydroxyl groups is 1. The Balaban J connectivity index is 2.22. The zero-order valence-electron chi connectivity index (χ0n) is 11.8. The minimum Gasteiger partial charge on any atom is -0.389 e. The van der Waals surface area contributed by atoms with Gasteiger partial charge in [-0.05, 0) is 49.2 Å². The summed E-state index contributed by atoms with van der Waals surface area (Å²) in [5.74, 6) is 0. The number of nitrogens with zero attached hydrogens (tertiary/aromatic N) is 2. The van der Waals surface area contributed by atoms with E-state index in [9.17, 15) is 5.11 Å². The number of aliphatic hydroxyl groups excluding tert-OH is 1. The Morgan fingerprint density at radius 1 is 1.25 bits per heavy atom. The zero-order chi connectivity index (χ0) is 14.5. The summed E-state index contributed by atoms with van der Waals surface area (Å²) in [7, 11) is 0. The van der Waals surface area contributed by atoms with E-state index >= 15 is 0 Å². The van der Waals surface area contributed by atoms with Gasteiger partial charge >= 0.3 is 0 Å². The van der Waals surface area contributed by atoms with Gasteiger partial charge in [0.1, 0.15) is 0 Å². The Kier molecular flexibility index (Phi) is 4.99. The summed E-state index contributed by atoms with van der Waals surface area (Å²) in [5.41, 5.74) is 3.02. The Hall–Kier alpha value is -1.58. The Morgan fingerprint density at radius 2 is 1.95 bits per heavy atom. The van der Waals surface area contributed by atoms with Gasteiger partial charge in [-0.15, -0.1) is 0 Å². The highest BCUT2D eigenvalue weighted by Crippen LogP contribution is 2.28. The van der Waals surface area contributed by atoms with Crippen LogP contribution >= 0.6 is 11.6 Å². The molecular weight excluding hydrogens is 272 g/mol. The lowest BCUT2D eigenvalue weighted by molar-refractivity contribution is 0.199. The van der Waals surface area contributed by atoms with Crippen molar-refractivity contribution in [3.63, 3.8) is 0 Å². The molecule has 1 aromatic heterocycles. The molecule has 0 aliphatic rings. The Labute approximate surface area is 124 Å². The number of aromatic nitrogens is 1. The number of rotatable bonds is 5. The number of hydrogen-bond acceptors (Lipinski definition) is 3. The minimum absolute atomic E-state index is 0.549. The predicted octanol–water partition coefficient (Wildman–Crippen LogP) is 3.81. The van der Waals surface area contributed by atoms with E-state index in [2.05, 4.69) is 16.8 Å². The molecule has 0 aliphatic carbocycles. The third-order valence-corrected chi connectivity index (χ3v) is 3.63. The molecule has 1 unspecified atom stereocenters. The van der Waals surface area contributed by atoms with E-state index in [1.54, 1.807) is 19.3 Å². The summed E-state index contributed by atoms with van der Waals surface area (Å²) in [6.45, 7) is 5.52. The molecule has 20 heavy (non-hydrogen) atoms. The van der Waals surface area contributed by atoms with Crippen LogP contribution in [0.4, 0.5) is 5.69 Å². The molecule has 0 amide bonds. The van der Waals surface area contributed by atoms with Crippen LogP contribution in [0.25, 0.3) is 0 Å². The first-order valence-electron chi connectivity index (χ1n) is 6.73. The fourth-order valence-corrected chi connectivity index (χ4v) is 2.48. The van der Waals surface area contributed by atoms with Crippen LogP contribution in [-0.4, -0.2) is 16.6 Å². The van der Waals surface area contributed by atoms with Gasteiger partial charge in [-0.1, -0.05) is 17.7 Å². The summed E-state index contributed by atoms with van der Waals surface area (Å²) in [5, 5.41) is 10.2. The molecule has 3 nitrogen and oxygen atoms in total. The number of hydrogen-bond donors (Lipinski definition) is 1. The first-order valence-corrected chi connectivity index (χ1v) is 7.11. The predicted molar refractivity (Wildman–Crippen MR) is 83.0 cm³/mol. The summed E-state index contributed by atoms with van der Waals surface area (Å²) in [6, 6.07) is 9.81. The van der Waals surface area contributed by atoms with Crippen molar-refractivity contribution in [1.29, 1.82) is 0 Å². The van der Waals surface area contributed by atoms with Crippen molar-refractivity contribution in [3.8, 4) is 0 Å². The van der Waals surface area contributed by atoms with Crippen molar-refractivity contribution in [3.05, 3.63) is 58.9 Å². The van der Waals surface area contributed by atoms with Crippen molar-refractivity contribution in [1.82, 2.24) is 4.98 Å². The van der Waals surface area contributed by atoms with Crippen molar-refractivity contribution >= 4 is 17.3 Å². The molecule has 0 radical (unpaired) electrons. The van der Waals surface area contributed by atoms with Crippen molar-refractivity contribution in [2.75, 3.05) is 11.4 Å². The minimum atomic E-state index is -0.549. The van der Waals surface area contributed by atoms with Crippen LogP contribution in [0.5, 0.6) is 0 Å². The highest BCUT2D eigenvalue weighted by Gasteiger charge is 2.10. The van der Waals surface area contributed by atoms with E-state index in [0.717, 1.165) is 24.3 Å². The average molecular weight is 291 g/mol. The van der Waals surface area contributed by atoms with Gasteiger partial charge in [-0.2, -0.15) is 0 Å². The number of halogens is 1. The third kappa shape index (κ3) is 3.50. The van der Waals surface area contributed by atoms with Gasteiger partial charge in [-0.3, -0.25) is 4.98 Å². The second kappa shape index (κ2) is 6.73. The van der Waals surface area contributed by atoms with E-state index in [-0.39, 0.29) is 0 Å². The van der Waals surface area contributed by atoms with Crippen LogP contribution in [0.15, 0.2) is 42.7 Å². The van der Waals surface area contributed by atoms with Crippen LogP contribution < -0.4 is 4.90 Å². The van der Waals surface area contributed by atoms with Crippen LogP contribution in [0.2, 0.25) is 5.02 Å². The van der Waals surface area contributed by atoms with Gasteiger partial charge in [0, 0.05) is 36.2 Å². The van der Waals surface area contributed by atoms with Gasteiger partial charge in [0.25, 0.3) is 0 Å². The highest BCUT2D eigenvalue weighted by molar-refractivity contribution is 6.31. The first kappa shape index (κ1) is 14.8. The molecule has 4 heteroatoms. The van der Waals surface area contributed by atoms with Crippen LogP contribution in [0, 0.1) is 0 Å². The molecule has 2 rings (SSSR count). The maximum atomic E-state index is 9.62. The molecule has 1 heterocycles. The Bertz CT molecular complexity index is 558. The maximum Gasteiger partial charge on any atom is 0.0776 e. The molecule has 0 fully saturated rings. The highest BCUT2D eigenvalue weighted by atomic mass is 35.5. The molecule has 2 aromatic rings. The second-order valence-corrected chi connectivity index (χ2v) is 5.16. The largest absolute Gasteiger partial charge is 0.389 e. The van der Waals surface area contributed by atoms with E-state index in [1.165, 1.54) is 5.56 Å². The molecule has 0 aliphatic heterocycles. The fraction of sp³-hybridized carbons (Fsp3) is 0.312. The van der Waals surface area contributed by atoms with E-state index in [0.29, 0.717) is 5.02 Å². The second-order valence-electron chi connectivity index (χ2n) is 4.75. The van der Waals surface area contributed by atoms with Crippen molar-refractivity contribution in [2.24, 2.45) is 0 Å². The van der Waals surface area contributed by atoms with Crippen LogP contribution in [-0.2, 0) is 6.54 Å². The smallest absolute Gasteiger partial charge is 0.0776 e. The SMILES string of the molecule is CCN(Cc1ccncc1)c1ccc(C(C)O)c(Cl)c1. The lowest BCUT2D eigenvalue weighted by Gasteiger charge is -2.24.